The van der Waals surface area contributed by atoms with Crippen LogP contribution in [0.2, 0.25) is 0 Å². The average Bonchev–Trinajstić information content (AvgIpc) is 3.19. The van der Waals surface area contributed by atoms with Gasteiger partial charge in [-0.3, -0.25) is 9.52 Å². The van der Waals surface area contributed by atoms with Crippen LogP contribution in [-0.4, -0.2) is 29.0 Å². The van der Waals surface area contributed by atoms with Crippen molar-refractivity contribution in [1.29, 1.82) is 0 Å². The lowest BCUT2D eigenvalue weighted by Gasteiger charge is -2.21. The van der Waals surface area contributed by atoms with Gasteiger partial charge < -0.3 is 9.67 Å². The summed E-state index contributed by atoms with van der Waals surface area (Å²) < 4.78 is 43.2. The number of carbonyl (C=O) groups excluding carboxylic acids is 1. The van der Waals surface area contributed by atoms with Crippen LogP contribution in [0.15, 0.2) is 24.7 Å². The fraction of sp³-hybridized carbons (Fsp3) is 0.474. The summed E-state index contributed by atoms with van der Waals surface area (Å²) in [6.07, 6.45) is 9.03. The van der Waals surface area contributed by atoms with Crippen LogP contribution in [0.3, 0.4) is 0 Å². The predicted molar refractivity (Wildman–Crippen MR) is 100 cm³/mol. The van der Waals surface area contributed by atoms with Crippen molar-refractivity contribution in [1.82, 2.24) is 14.3 Å². The average molecular weight is 407 g/mol. The fourth-order valence-corrected chi connectivity index (χ4v) is 5.61. The Labute approximate surface area is 162 Å². The molecular weight excluding hydrogens is 385 g/mol. The molecule has 0 radical (unpaired) electrons. The monoisotopic (exact) mass is 407 g/mol. The molecule has 1 atom stereocenters. The van der Waals surface area contributed by atoms with Crippen molar-refractivity contribution in [2.75, 3.05) is 0 Å². The van der Waals surface area contributed by atoms with Crippen molar-refractivity contribution in [3.63, 3.8) is 0 Å². The van der Waals surface area contributed by atoms with Gasteiger partial charge in [-0.15, -0.1) is 0 Å². The van der Waals surface area contributed by atoms with E-state index < -0.39 is 44.7 Å². The number of phenols is 1. The lowest BCUT2D eigenvalue weighted by atomic mass is 9.89. The Hall–Kier alpha value is -2.42. The minimum atomic E-state index is -4.07. The van der Waals surface area contributed by atoms with E-state index in [9.17, 15) is 18.3 Å². The van der Waals surface area contributed by atoms with E-state index in [1.54, 1.807) is 12.5 Å². The Kier molecular flexibility index (Phi) is 4.86. The summed E-state index contributed by atoms with van der Waals surface area (Å²) in [6.45, 7) is 0.814. The minimum absolute atomic E-state index is 0.102. The zero-order valence-corrected chi connectivity index (χ0v) is 16.1. The molecule has 1 aromatic carbocycles. The van der Waals surface area contributed by atoms with E-state index in [-0.39, 0.29) is 5.56 Å². The highest BCUT2D eigenvalue weighted by atomic mass is 32.2. The van der Waals surface area contributed by atoms with Gasteiger partial charge in [0.2, 0.25) is 15.9 Å². The number of imidazole rings is 1. The third kappa shape index (κ3) is 3.50. The van der Waals surface area contributed by atoms with Crippen LogP contribution in [0.25, 0.3) is 11.3 Å². The number of amides is 1. The van der Waals surface area contributed by atoms with Gasteiger partial charge in [0.15, 0.2) is 0 Å². The Morgan fingerprint density at radius 1 is 1.25 bits per heavy atom. The minimum Gasteiger partial charge on any atom is -0.508 e. The highest BCUT2D eigenvalue weighted by Crippen LogP contribution is 2.40. The number of halogens is 1. The zero-order valence-electron chi connectivity index (χ0n) is 15.3. The number of hydrogen-bond acceptors (Lipinski definition) is 5. The maximum absolute atomic E-state index is 15.2. The first-order valence-electron chi connectivity index (χ1n) is 9.43. The number of carbonyl (C=O) groups is 1. The third-order valence-electron chi connectivity index (χ3n) is 5.58. The summed E-state index contributed by atoms with van der Waals surface area (Å²) in [7, 11) is -4.07. The second kappa shape index (κ2) is 7.20. The first-order chi connectivity index (χ1) is 13.3. The van der Waals surface area contributed by atoms with E-state index in [1.165, 1.54) is 44.2 Å². The Morgan fingerprint density at radius 3 is 2.68 bits per heavy atom. The van der Waals surface area contributed by atoms with Gasteiger partial charge >= 0.3 is 0 Å². The van der Waals surface area contributed by atoms with Gasteiger partial charge in [-0.25, -0.2) is 17.8 Å². The molecular formula is C19H22FN3O4S. The number of hydrogen-bond donors (Lipinski definition) is 2. The molecule has 2 aliphatic rings. The summed E-state index contributed by atoms with van der Waals surface area (Å²) in [6, 6.07) is 2.62. The van der Waals surface area contributed by atoms with Crippen LogP contribution >= 0.6 is 0 Å². The highest BCUT2D eigenvalue weighted by Gasteiger charge is 2.41. The van der Waals surface area contributed by atoms with Gasteiger partial charge in [-0.1, -0.05) is 19.3 Å². The van der Waals surface area contributed by atoms with Crippen molar-refractivity contribution in [2.45, 2.75) is 50.3 Å². The van der Waals surface area contributed by atoms with Crippen LogP contribution in [0, 0.1) is 11.7 Å². The van der Waals surface area contributed by atoms with Gasteiger partial charge in [-0.2, -0.15) is 0 Å². The number of phenolic OH excluding ortho intramolecular Hbond substituents is 1. The van der Waals surface area contributed by atoms with Crippen molar-refractivity contribution in [3.05, 3.63) is 36.0 Å². The fourth-order valence-electron chi connectivity index (χ4n) is 4.16. The molecule has 2 heterocycles. The normalized spacial score (nSPS) is 22.3. The molecule has 4 rings (SSSR count). The first kappa shape index (κ1) is 18.9. The summed E-state index contributed by atoms with van der Waals surface area (Å²) >= 11 is 0. The molecule has 2 fully saturated rings. The number of rotatable bonds is 4. The molecule has 1 saturated carbocycles. The van der Waals surface area contributed by atoms with Crippen LogP contribution in [0.5, 0.6) is 5.75 Å². The van der Waals surface area contributed by atoms with Crippen molar-refractivity contribution >= 4 is 15.9 Å². The van der Waals surface area contributed by atoms with Crippen LogP contribution < -0.4 is 4.72 Å². The lowest BCUT2D eigenvalue weighted by Crippen LogP contribution is -2.22. The number of aromatic nitrogens is 2. The molecule has 2 N–H and O–H groups in total. The van der Waals surface area contributed by atoms with E-state index in [4.69, 9.17) is 0 Å². The number of benzene rings is 1. The zero-order chi connectivity index (χ0) is 19.9. The van der Waals surface area contributed by atoms with Crippen LogP contribution in [-0.2, 0) is 21.4 Å². The van der Waals surface area contributed by atoms with Gasteiger partial charge in [0.25, 0.3) is 0 Å². The SMILES string of the molecule is O=C1CC(c2c(O)ccc(-c3cn(CC4CCCCC4)cn3)c2F)S(=O)(=O)N1. The number of nitrogens with one attached hydrogen (secondary N) is 1. The molecule has 1 aromatic heterocycles. The first-order valence-corrected chi connectivity index (χ1v) is 11.0. The van der Waals surface area contributed by atoms with Crippen LogP contribution in [0.1, 0.15) is 49.3 Å². The van der Waals surface area contributed by atoms with Crippen molar-refractivity contribution in [2.24, 2.45) is 5.92 Å². The summed E-state index contributed by atoms with van der Waals surface area (Å²) in [5, 5.41) is 8.64. The van der Waals surface area contributed by atoms with Gasteiger partial charge in [0, 0.05) is 18.3 Å². The lowest BCUT2D eigenvalue weighted by molar-refractivity contribution is -0.118. The summed E-state index contributed by atoms with van der Waals surface area (Å²) in [4.78, 5) is 15.8. The Balaban J connectivity index is 1.65. The van der Waals surface area contributed by atoms with Gasteiger partial charge in [0.05, 0.1) is 24.0 Å². The third-order valence-corrected chi connectivity index (χ3v) is 7.25. The largest absolute Gasteiger partial charge is 0.508 e. The number of aromatic hydroxyl groups is 1. The molecule has 9 heteroatoms. The molecule has 0 spiro atoms. The second-order valence-electron chi connectivity index (χ2n) is 7.58. The standard InChI is InChI=1S/C19H22FN3O4S/c20-19-13(14-10-23(11-21-14)9-12-4-2-1-3-5-12)6-7-15(24)18(19)16-8-17(25)22-28(16,26)27/h6-7,10-12,16,24H,1-5,8-9H2,(H,22,25). The van der Waals surface area contributed by atoms with Gasteiger partial charge in [-0.05, 0) is 30.9 Å². The van der Waals surface area contributed by atoms with Crippen molar-refractivity contribution in [3.8, 4) is 17.0 Å². The topological polar surface area (TPSA) is 101 Å². The Bertz CT molecular complexity index is 1010. The van der Waals surface area contributed by atoms with E-state index >= 15 is 4.39 Å². The quantitative estimate of drug-likeness (QED) is 0.812. The molecule has 150 valence electrons. The van der Waals surface area contributed by atoms with Gasteiger partial charge in [0.1, 0.15) is 16.8 Å². The molecule has 0 bridgehead atoms. The highest BCUT2D eigenvalue weighted by molar-refractivity contribution is 7.90. The van der Waals surface area contributed by atoms with E-state index in [0.29, 0.717) is 11.6 Å². The smallest absolute Gasteiger partial charge is 0.242 e. The molecule has 28 heavy (non-hydrogen) atoms. The molecule has 2 aromatic rings. The predicted octanol–water partition coefficient (Wildman–Crippen LogP) is 2.87. The van der Waals surface area contributed by atoms with E-state index in [2.05, 4.69) is 4.98 Å². The Morgan fingerprint density at radius 2 is 2.00 bits per heavy atom. The number of sulfonamides is 1. The number of nitrogens with zero attached hydrogens (tertiary/aromatic N) is 2. The van der Waals surface area contributed by atoms with E-state index in [0.717, 1.165) is 6.54 Å². The maximum Gasteiger partial charge on any atom is 0.242 e. The molecule has 1 saturated heterocycles. The second-order valence-corrected chi connectivity index (χ2v) is 9.45. The summed E-state index contributed by atoms with van der Waals surface area (Å²) in [5.41, 5.74) is 0.0756. The van der Waals surface area contributed by atoms with Crippen molar-refractivity contribution < 1.29 is 22.7 Å². The molecule has 7 nitrogen and oxygen atoms in total. The maximum atomic E-state index is 15.2. The van der Waals surface area contributed by atoms with Crippen LogP contribution in [0.4, 0.5) is 4.39 Å². The molecule has 1 aliphatic heterocycles. The summed E-state index contributed by atoms with van der Waals surface area (Å²) in [5.74, 6) is -1.50. The van der Waals surface area contributed by atoms with E-state index in [1.807, 2.05) is 9.29 Å². The molecule has 1 aliphatic carbocycles. The molecule has 1 amide bonds. The molecule has 1 unspecified atom stereocenters.